The Kier molecular flexibility index (Phi) is 2.61. The molecule has 1 aromatic heterocycles. The van der Waals surface area contributed by atoms with Crippen molar-refractivity contribution in [1.29, 1.82) is 0 Å². The lowest BCUT2D eigenvalue weighted by Gasteiger charge is -1.97. The molecule has 0 atom stereocenters. The molecule has 0 radical (unpaired) electrons. The zero-order chi connectivity index (χ0) is 11.7. The third kappa shape index (κ3) is 2.03. The van der Waals surface area contributed by atoms with E-state index in [1.165, 1.54) is 18.2 Å². The van der Waals surface area contributed by atoms with Crippen molar-refractivity contribution in [2.75, 3.05) is 5.73 Å². The lowest BCUT2D eigenvalue weighted by Crippen LogP contribution is -1.89. The van der Waals surface area contributed by atoms with Gasteiger partial charge in [0, 0.05) is 28.2 Å². The van der Waals surface area contributed by atoms with E-state index in [0.717, 1.165) is 0 Å². The molecule has 7 heteroatoms. The molecular formula is C9H6BrN3O3. The Bertz CT molecular complexity index is 553. The average molecular weight is 284 g/mol. The van der Waals surface area contributed by atoms with E-state index in [9.17, 15) is 10.1 Å². The zero-order valence-electron chi connectivity index (χ0n) is 7.88. The topological polar surface area (TPSA) is 95.2 Å². The molecule has 6 nitrogen and oxygen atoms in total. The van der Waals surface area contributed by atoms with Crippen molar-refractivity contribution < 1.29 is 9.45 Å². The Hall–Kier alpha value is -1.89. The second-order valence-electron chi connectivity index (χ2n) is 3.07. The quantitative estimate of drug-likeness (QED) is 0.675. The number of nitrogens with two attached hydrogens (primary N) is 1. The van der Waals surface area contributed by atoms with Crippen molar-refractivity contribution >= 4 is 27.5 Å². The largest absolute Gasteiger partial charge is 0.368 e. The molecule has 0 aliphatic heterocycles. The summed E-state index contributed by atoms with van der Waals surface area (Å²) in [6.45, 7) is 0. The fraction of sp³-hybridized carbons (Fsp3) is 0. The third-order valence-corrected chi connectivity index (χ3v) is 2.38. The van der Waals surface area contributed by atoms with Crippen LogP contribution >= 0.6 is 15.9 Å². The number of rotatable bonds is 2. The molecule has 2 aromatic rings. The summed E-state index contributed by atoms with van der Waals surface area (Å²) in [5, 5.41) is 14.3. The summed E-state index contributed by atoms with van der Waals surface area (Å²) in [6, 6.07) is 6.02. The number of nitro groups is 1. The number of nitro benzene ring substituents is 1. The monoisotopic (exact) mass is 283 g/mol. The Morgan fingerprint density at radius 1 is 1.38 bits per heavy atom. The first-order chi connectivity index (χ1) is 7.56. The van der Waals surface area contributed by atoms with Gasteiger partial charge >= 0.3 is 0 Å². The molecule has 2 rings (SSSR count). The van der Waals surface area contributed by atoms with Crippen LogP contribution in [0.4, 0.5) is 11.6 Å². The molecule has 0 aliphatic carbocycles. The highest BCUT2D eigenvalue weighted by Gasteiger charge is 2.12. The van der Waals surface area contributed by atoms with Crippen LogP contribution in [0.1, 0.15) is 0 Å². The third-order valence-electron chi connectivity index (χ3n) is 1.92. The number of aromatic nitrogens is 1. The number of hydrogen-bond donors (Lipinski definition) is 1. The summed E-state index contributed by atoms with van der Waals surface area (Å²) < 4.78 is 5.30. The Morgan fingerprint density at radius 3 is 2.69 bits per heavy atom. The van der Waals surface area contributed by atoms with Crippen molar-refractivity contribution in [3.63, 3.8) is 0 Å². The van der Waals surface area contributed by atoms with E-state index in [0.29, 0.717) is 15.7 Å². The van der Waals surface area contributed by atoms with E-state index >= 15 is 0 Å². The second-order valence-corrected chi connectivity index (χ2v) is 3.99. The van der Waals surface area contributed by atoms with Crippen molar-refractivity contribution in [2.45, 2.75) is 0 Å². The van der Waals surface area contributed by atoms with Gasteiger partial charge in [0.05, 0.1) is 4.92 Å². The molecule has 0 saturated heterocycles. The maximum absolute atomic E-state index is 10.7. The van der Waals surface area contributed by atoms with Gasteiger partial charge in [-0.1, -0.05) is 21.1 Å². The first kappa shape index (κ1) is 10.6. The minimum Gasteiger partial charge on any atom is -0.368 e. The maximum atomic E-state index is 10.7. The average Bonchev–Trinajstić information content (AvgIpc) is 2.64. The number of halogens is 1. The Balaban J connectivity index is 2.53. The number of nitrogen functional groups attached to an aromatic ring is 1. The Labute approximate surface area is 98.3 Å². The van der Waals surface area contributed by atoms with E-state index in [2.05, 4.69) is 21.1 Å². The molecule has 0 aliphatic rings. The lowest BCUT2D eigenvalue weighted by molar-refractivity contribution is -0.384. The van der Waals surface area contributed by atoms with Crippen LogP contribution in [0.2, 0.25) is 0 Å². The summed E-state index contributed by atoms with van der Waals surface area (Å²) in [5.41, 5.74) is 6.39. The molecule has 16 heavy (non-hydrogen) atoms. The molecule has 1 aromatic carbocycles. The van der Waals surface area contributed by atoms with E-state index in [1.807, 2.05) is 0 Å². The highest BCUT2D eigenvalue weighted by Crippen LogP contribution is 2.28. The molecule has 0 bridgehead atoms. The molecule has 0 unspecified atom stereocenters. The van der Waals surface area contributed by atoms with Crippen LogP contribution < -0.4 is 5.73 Å². The first-order valence-electron chi connectivity index (χ1n) is 4.24. The SMILES string of the molecule is Nc1cc(-c2cc(Br)cc([N+](=O)[O-])c2)no1. The number of hydrogen-bond acceptors (Lipinski definition) is 5. The minimum atomic E-state index is -0.475. The highest BCUT2D eigenvalue weighted by atomic mass is 79.9. The van der Waals surface area contributed by atoms with Crippen molar-refractivity contribution in [2.24, 2.45) is 0 Å². The van der Waals surface area contributed by atoms with Gasteiger partial charge in [0.15, 0.2) is 0 Å². The summed E-state index contributed by atoms with van der Waals surface area (Å²) in [5.74, 6) is 0.164. The molecule has 1 heterocycles. The standard InChI is InChI=1S/C9H6BrN3O3/c10-6-1-5(2-7(3-6)13(14)15)8-4-9(11)16-12-8/h1-4H,11H2. The Morgan fingerprint density at radius 2 is 2.12 bits per heavy atom. The summed E-state index contributed by atoms with van der Waals surface area (Å²) >= 11 is 3.19. The predicted octanol–water partition coefficient (Wildman–Crippen LogP) is 2.59. The fourth-order valence-electron chi connectivity index (χ4n) is 1.25. The van der Waals surface area contributed by atoms with E-state index < -0.39 is 4.92 Å². The number of non-ortho nitro benzene ring substituents is 1. The van der Waals surface area contributed by atoms with Crippen LogP contribution in [-0.2, 0) is 0 Å². The smallest absolute Gasteiger partial charge is 0.271 e. The van der Waals surface area contributed by atoms with Gasteiger partial charge in [0.25, 0.3) is 5.69 Å². The number of anilines is 1. The van der Waals surface area contributed by atoms with Gasteiger partial charge < -0.3 is 10.3 Å². The van der Waals surface area contributed by atoms with Crippen molar-refractivity contribution in [3.8, 4) is 11.3 Å². The van der Waals surface area contributed by atoms with Gasteiger partial charge in [-0.2, -0.15) is 0 Å². The van der Waals surface area contributed by atoms with Crippen molar-refractivity contribution in [1.82, 2.24) is 5.16 Å². The predicted molar refractivity (Wildman–Crippen MR) is 60.7 cm³/mol. The van der Waals surface area contributed by atoms with Gasteiger partial charge in [-0.25, -0.2) is 0 Å². The normalized spacial score (nSPS) is 10.3. The van der Waals surface area contributed by atoms with Crippen LogP contribution in [-0.4, -0.2) is 10.1 Å². The van der Waals surface area contributed by atoms with Crippen molar-refractivity contribution in [3.05, 3.63) is 38.9 Å². The molecule has 82 valence electrons. The molecule has 0 spiro atoms. The van der Waals surface area contributed by atoms with Gasteiger partial charge in [0.1, 0.15) is 5.69 Å². The van der Waals surface area contributed by atoms with E-state index in [4.69, 9.17) is 10.3 Å². The number of benzene rings is 1. The van der Waals surface area contributed by atoms with Crippen LogP contribution in [0.3, 0.4) is 0 Å². The van der Waals surface area contributed by atoms with E-state index in [1.54, 1.807) is 6.07 Å². The lowest BCUT2D eigenvalue weighted by atomic mass is 10.1. The zero-order valence-corrected chi connectivity index (χ0v) is 9.47. The fourth-order valence-corrected chi connectivity index (χ4v) is 1.73. The van der Waals surface area contributed by atoms with Gasteiger partial charge in [-0.05, 0) is 6.07 Å². The first-order valence-corrected chi connectivity index (χ1v) is 5.03. The summed E-state index contributed by atoms with van der Waals surface area (Å²) in [4.78, 5) is 10.2. The highest BCUT2D eigenvalue weighted by molar-refractivity contribution is 9.10. The van der Waals surface area contributed by atoms with Crippen LogP contribution in [0.15, 0.2) is 33.3 Å². The van der Waals surface area contributed by atoms with Gasteiger partial charge in [0.2, 0.25) is 5.88 Å². The maximum Gasteiger partial charge on any atom is 0.271 e. The summed E-state index contributed by atoms with van der Waals surface area (Å²) in [6.07, 6.45) is 0. The molecular weight excluding hydrogens is 278 g/mol. The van der Waals surface area contributed by atoms with Crippen LogP contribution in [0.25, 0.3) is 11.3 Å². The molecule has 2 N–H and O–H groups in total. The van der Waals surface area contributed by atoms with Crippen LogP contribution in [0, 0.1) is 10.1 Å². The summed E-state index contributed by atoms with van der Waals surface area (Å²) in [7, 11) is 0. The molecule has 0 saturated carbocycles. The molecule has 0 fully saturated rings. The number of nitrogens with zero attached hydrogens (tertiary/aromatic N) is 2. The van der Waals surface area contributed by atoms with Gasteiger partial charge in [-0.15, -0.1) is 0 Å². The van der Waals surface area contributed by atoms with Crippen LogP contribution in [0.5, 0.6) is 0 Å². The second kappa shape index (κ2) is 3.93. The van der Waals surface area contributed by atoms with Gasteiger partial charge in [-0.3, -0.25) is 10.1 Å². The molecule has 0 amide bonds. The minimum absolute atomic E-state index is 0.0223. The van der Waals surface area contributed by atoms with E-state index in [-0.39, 0.29) is 11.6 Å².